The summed E-state index contributed by atoms with van der Waals surface area (Å²) in [5, 5.41) is 1.05. The van der Waals surface area contributed by atoms with E-state index in [1.807, 2.05) is 0 Å². The third-order valence-corrected chi connectivity index (χ3v) is 4.66. The van der Waals surface area contributed by atoms with Gasteiger partial charge in [0, 0.05) is 16.1 Å². The maximum Gasteiger partial charge on any atom is 0.125 e. The van der Waals surface area contributed by atoms with Gasteiger partial charge < -0.3 is 4.98 Å². The average molecular weight is 310 g/mol. The molecule has 1 heterocycles. The summed E-state index contributed by atoms with van der Waals surface area (Å²) in [4.78, 5) is 3.29. The van der Waals surface area contributed by atoms with E-state index in [2.05, 4.69) is 27.1 Å². The van der Waals surface area contributed by atoms with Crippen LogP contribution in [0, 0.1) is 5.82 Å². The van der Waals surface area contributed by atoms with Crippen LogP contribution in [-0.4, -0.2) is 4.98 Å². The zero-order chi connectivity index (χ0) is 12.5. The fourth-order valence-electron chi connectivity index (χ4n) is 3.10. The smallest absolute Gasteiger partial charge is 0.125 e. The van der Waals surface area contributed by atoms with Crippen molar-refractivity contribution in [1.82, 2.24) is 4.98 Å². The van der Waals surface area contributed by atoms with Crippen molar-refractivity contribution >= 4 is 26.8 Å². The number of aromatic amines is 1. The molecule has 0 amide bonds. The molecule has 1 aromatic heterocycles. The summed E-state index contributed by atoms with van der Waals surface area (Å²) < 4.78 is 14.4. The monoisotopic (exact) mass is 309 g/mol. The van der Waals surface area contributed by atoms with E-state index in [1.165, 1.54) is 50.2 Å². The summed E-state index contributed by atoms with van der Waals surface area (Å²) in [6.45, 7) is 0. The Balaban J connectivity index is 2.05. The van der Waals surface area contributed by atoms with Gasteiger partial charge in [-0.3, -0.25) is 0 Å². The Bertz CT molecular complexity index is 553. The van der Waals surface area contributed by atoms with Crippen molar-refractivity contribution in [1.29, 1.82) is 0 Å². The molecule has 18 heavy (non-hydrogen) atoms. The molecule has 1 nitrogen and oxygen atoms in total. The molecule has 1 saturated carbocycles. The summed E-state index contributed by atoms with van der Waals surface area (Å²) in [7, 11) is 0. The zero-order valence-corrected chi connectivity index (χ0v) is 11.9. The minimum absolute atomic E-state index is 0.163. The van der Waals surface area contributed by atoms with Crippen molar-refractivity contribution in [3.05, 3.63) is 34.2 Å². The average Bonchev–Trinajstić information content (AvgIpc) is 2.59. The molecule has 96 valence electrons. The molecule has 0 radical (unpaired) electrons. The maximum atomic E-state index is 13.6. The van der Waals surface area contributed by atoms with E-state index >= 15 is 0 Å². The standard InChI is InChI=1S/C15H17BrFN/c16-14-8-11(17)7-12-13(9-18-15(12)14)10-5-3-1-2-4-6-10/h7-10,18H,1-6H2. The van der Waals surface area contributed by atoms with Gasteiger partial charge in [-0.15, -0.1) is 0 Å². The lowest BCUT2D eigenvalue weighted by Gasteiger charge is -2.13. The number of hydrogen-bond donors (Lipinski definition) is 1. The normalized spacial score (nSPS) is 18.1. The molecular weight excluding hydrogens is 293 g/mol. The van der Waals surface area contributed by atoms with Gasteiger partial charge in [-0.1, -0.05) is 25.7 Å². The third-order valence-electron chi connectivity index (χ3n) is 4.03. The van der Waals surface area contributed by atoms with Crippen molar-refractivity contribution in [2.24, 2.45) is 0 Å². The molecule has 0 unspecified atom stereocenters. The first kappa shape index (κ1) is 12.2. The molecule has 0 atom stereocenters. The van der Waals surface area contributed by atoms with Gasteiger partial charge in [-0.05, 0) is 52.4 Å². The quantitative estimate of drug-likeness (QED) is 0.669. The minimum atomic E-state index is -0.163. The van der Waals surface area contributed by atoms with Crippen LogP contribution in [-0.2, 0) is 0 Å². The summed E-state index contributed by atoms with van der Waals surface area (Å²) in [5.74, 6) is 0.429. The highest BCUT2D eigenvalue weighted by molar-refractivity contribution is 9.10. The first-order valence-corrected chi connectivity index (χ1v) is 7.51. The molecule has 1 fully saturated rings. The lowest BCUT2D eigenvalue weighted by Crippen LogP contribution is -1.96. The predicted octanol–water partition coefficient (Wildman–Crippen LogP) is 5.51. The molecule has 1 aromatic carbocycles. The van der Waals surface area contributed by atoms with Crippen molar-refractivity contribution in [3.63, 3.8) is 0 Å². The van der Waals surface area contributed by atoms with Crippen LogP contribution in [0.5, 0.6) is 0 Å². The number of fused-ring (bicyclic) bond motifs is 1. The van der Waals surface area contributed by atoms with Crippen molar-refractivity contribution in [2.75, 3.05) is 0 Å². The first-order valence-electron chi connectivity index (χ1n) is 6.72. The summed E-state index contributed by atoms with van der Waals surface area (Å²) >= 11 is 3.43. The summed E-state index contributed by atoms with van der Waals surface area (Å²) in [6.07, 6.45) is 9.84. The molecule has 1 aliphatic rings. The lowest BCUT2D eigenvalue weighted by molar-refractivity contribution is 0.595. The number of aromatic nitrogens is 1. The minimum Gasteiger partial charge on any atom is -0.360 e. The van der Waals surface area contributed by atoms with Gasteiger partial charge in [0.2, 0.25) is 0 Å². The Hall–Kier alpha value is -0.830. The number of hydrogen-bond acceptors (Lipinski definition) is 0. The molecule has 3 heteroatoms. The van der Waals surface area contributed by atoms with E-state index in [0.717, 1.165) is 15.4 Å². The van der Waals surface area contributed by atoms with E-state index in [1.54, 1.807) is 6.07 Å². The van der Waals surface area contributed by atoms with E-state index < -0.39 is 0 Å². The van der Waals surface area contributed by atoms with Crippen LogP contribution in [0.4, 0.5) is 4.39 Å². The van der Waals surface area contributed by atoms with Crippen LogP contribution in [0.25, 0.3) is 10.9 Å². The zero-order valence-electron chi connectivity index (χ0n) is 10.3. The van der Waals surface area contributed by atoms with Crippen LogP contribution < -0.4 is 0 Å². The topological polar surface area (TPSA) is 15.8 Å². The van der Waals surface area contributed by atoms with E-state index in [9.17, 15) is 4.39 Å². The SMILES string of the molecule is Fc1cc(Br)c2[nH]cc(C3CCCCCC3)c2c1. The predicted molar refractivity (Wildman–Crippen MR) is 76.4 cm³/mol. The Morgan fingerprint density at radius 3 is 2.56 bits per heavy atom. The highest BCUT2D eigenvalue weighted by Gasteiger charge is 2.19. The Morgan fingerprint density at radius 1 is 1.11 bits per heavy atom. The Morgan fingerprint density at radius 2 is 1.83 bits per heavy atom. The molecule has 3 rings (SSSR count). The van der Waals surface area contributed by atoms with E-state index in [-0.39, 0.29) is 5.82 Å². The first-order chi connectivity index (χ1) is 8.75. The van der Waals surface area contributed by atoms with Crippen LogP contribution in [0.2, 0.25) is 0 Å². The summed E-state index contributed by atoms with van der Waals surface area (Å²) in [6, 6.07) is 3.19. The van der Waals surface area contributed by atoms with Gasteiger partial charge >= 0.3 is 0 Å². The number of H-pyrrole nitrogens is 1. The Labute approximate surface area is 115 Å². The second-order valence-electron chi connectivity index (χ2n) is 5.24. The van der Waals surface area contributed by atoms with Gasteiger partial charge in [-0.25, -0.2) is 4.39 Å². The molecule has 2 aromatic rings. The van der Waals surface area contributed by atoms with Gasteiger partial charge in [-0.2, -0.15) is 0 Å². The Kier molecular flexibility index (Phi) is 3.42. The van der Waals surface area contributed by atoms with E-state index in [4.69, 9.17) is 0 Å². The van der Waals surface area contributed by atoms with Gasteiger partial charge in [0.25, 0.3) is 0 Å². The molecule has 0 spiro atoms. The van der Waals surface area contributed by atoms with Crippen LogP contribution >= 0.6 is 15.9 Å². The summed E-state index contributed by atoms with van der Waals surface area (Å²) in [5.41, 5.74) is 2.32. The molecule has 0 aliphatic heterocycles. The fourth-order valence-corrected chi connectivity index (χ4v) is 3.65. The molecular formula is C15H17BrFN. The van der Waals surface area contributed by atoms with Gasteiger partial charge in [0.05, 0.1) is 5.52 Å². The number of nitrogens with one attached hydrogen (secondary N) is 1. The van der Waals surface area contributed by atoms with Gasteiger partial charge in [0.15, 0.2) is 0 Å². The van der Waals surface area contributed by atoms with Gasteiger partial charge in [0.1, 0.15) is 5.82 Å². The highest BCUT2D eigenvalue weighted by atomic mass is 79.9. The molecule has 1 N–H and O–H groups in total. The second-order valence-corrected chi connectivity index (χ2v) is 6.10. The fraction of sp³-hybridized carbons (Fsp3) is 0.467. The van der Waals surface area contributed by atoms with E-state index in [0.29, 0.717) is 5.92 Å². The number of halogens is 2. The van der Waals surface area contributed by atoms with Crippen LogP contribution in [0.15, 0.2) is 22.8 Å². The van der Waals surface area contributed by atoms with Crippen molar-refractivity contribution < 1.29 is 4.39 Å². The molecule has 1 aliphatic carbocycles. The second kappa shape index (κ2) is 5.04. The lowest BCUT2D eigenvalue weighted by atomic mass is 9.91. The number of rotatable bonds is 1. The van der Waals surface area contributed by atoms with Crippen LogP contribution in [0.1, 0.15) is 50.0 Å². The number of benzene rings is 1. The van der Waals surface area contributed by atoms with Crippen molar-refractivity contribution in [2.45, 2.75) is 44.4 Å². The molecule has 0 bridgehead atoms. The highest BCUT2D eigenvalue weighted by Crippen LogP contribution is 2.37. The molecule has 0 saturated heterocycles. The largest absolute Gasteiger partial charge is 0.360 e. The van der Waals surface area contributed by atoms with Crippen LogP contribution in [0.3, 0.4) is 0 Å². The third kappa shape index (κ3) is 2.20. The van der Waals surface area contributed by atoms with Crippen molar-refractivity contribution in [3.8, 4) is 0 Å². The maximum absolute atomic E-state index is 13.6.